The number of hydrogen-bond acceptors (Lipinski definition) is 7. The summed E-state index contributed by atoms with van der Waals surface area (Å²) in [6.07, 6.45) is 1.75. The molecule has 1 aromatic heterocycles. The summed E-state index contributed by atoms with van der Waals surface area (Å²) in [7, 11) is 0. The summed E-state index contributed by atoms with van der Waals surface area (Å²) in [4.78, 5) is 17.1. The van der Waals surface area contributed by atoms with Gasteiger partial charge in [-0.05, 0) is 43.7 Å². The molecule has 7 nitrogen and oxygen atoms in total. The standard InChI is InChI=1S/C20H21N5O2S/c1-3-24(4-2)17-9-5-15(6-10-17)13-21-23-20-22-19(14-28-20)16-7-11-18(12-8-16)25(26)27/h5-14H,3-4H2,1-2H3,(H,22,23). The van der Waals surface area contributed by atoms with E-state index in [9.17, 15) is 10.1 Å². The molecule has 0 amide bonds. The molecule has 0 spiro atoms. The van der Waals surface area contributed by atoms with Crippen molar-refractivity contribution in [2.24, 2.45) is 5.10 Å². The monoisotopic (exact) mass is 395 g/mol. The molecule has 0 aliphatic heterocycles. The van der Waals surface area contributed by atoms with Crippen molar-refractivity contribution >= 4 is 34.1 Å². The molecule has 28 heavy (non-hydrogen) atoms. The molecule has 0 bridgehead atoms. The SMILES string of the molecule is CCN(CC)c1ccc(C=NNc2nc(-c3ccc([N+](=O)[O-])cc3)cs2)cc1. The lowest BCUT2D eigenvalue weighted by atomic mass is 10.1. The van der Waals surface area contributed by atoms with Crippen molar-refractivity contribution in [3.05, 3.63) is 69.6 Å². The normalized spacial score (nSPS) is 10.9. The second-order valence-corrected chi connectivity index (χ2v) is 6.83. The highest BCUT2D eigenvalue weighted by Crippen LogP contribution is 2.26. The number of nitrogens with zero attached hydrogens (tertiary/aromatic N) is 4. The van der Waals surface area contributed by atoms with E-state index in [1.165, 1.54) is 29.2 Å². The molecule has 1 heterocycles. The fourth-order valence-electron chi connectivity index (χ4n) is 2.73. The summed E-state index contributed by atoms with van der Waals surface area (Å²) in [5.41, 5.74) is 6.76. The minimum absolute atomic E-state index is 0.0638. The Morgan fingerprint density at radius 3 is 2.43 bits per heavy atom. The van der Waals surface area contributed by atoms with Gasteiger partial charge in [0, 0.05) is 41.9 Å². The van der Waals surface area contributed by atoms with Gasteiger partial charge in [-0.1, -0.05) is 12.1 Å². The van der Waals surface area contributed by atoms with Crippen molar-refractivity contribution in [1.82, 2.24) is 4.98 Å². The van der Waals surface area contributed by atoms with Gasteiger partial charge < -0.3 is 4.90 Å². The van der Waals surface area contributed by atoms with Gasteiger partial charge in [0.05, 0.1) is 16.8 Å². The van der Waals surface area contributed by atoms with Gasteiger partial charge in [0.15, 0.2) is 0 Å². The van der Waals surface area contributed by atoms with Gasteiger partial charge in [-0.25, -0.2) is 4.98 Å². The lowest BCUT2D eigenvalue weighted by Crippen LogP contribution is -2.21. The number of non-ortho nitro benzene ring substituents is 1. The van der Waals surface area contributed by atoms with E-state index in [-0.39, 0.29) is 5.69 Å². The Bertz CT molecular complexity index is 947. The molecule has 2 aromatic carbocycles. The first-order chi connectivity index (χ1) is 13.6. The first-order valence-corrected chi connectivity index (χ1v) is 9.83. The van der Waals surface area contributed by atoms with Crippen molar-refractivity contribution in [2.45, 2.75) is 13.8 Å². The van der Waals surface area contributed by atoms with Crippen LogP contribution in [0.2, 0.25) is 0 Å². The Hall–Kier alpha value is -3.26. The molecule has 3 aromatic rings. The molecule has 0 saturated carbocycles. The second-order valence-electron chi connectivity index (χ2n) is 5.98. The zero-order valence-electron chi connectivity index (χ0n) is 15.7. The van der Waals surface area contributed by atoms with E-state index in [0.717, 1.165) is 29.9 Å². The van der Waals surface area contributed by atoms with Gasteiger partial charge >= 0.3 is 0 Å². The van der Waals surface area contributed by atoms with Crippen molar-refractivity contribution in [2.75, 3.05) is 23.4 Å². The second kappa shape index (κ2) is 9.09. The third-order valence-corrected chi connectivity index (χ3v) is 5.02. The highest BCUT2D eigenvalue weighted by molar-refractivity contribution is 7.14. The molecule has 8 heteroatoms. The van der Waals surface area contributed by atoms with E-state index in [2.05, 4.69) is 46.4 Å². The number of rotatable bonds is 8. The van der Waals surface area contributed by atoms with Crippen molar-refractivity contribution in [3.8, 4) is 11.3 Å². The molecule has 0 atom stereocenters. The number of nitrogens with one attached hydrogen (secondary N) is 1. The molecule has 0 radical (unpaired) electrons. The van der Waals surface area contributed by atoms with Gasteiger partial charge in [0.1, 0.15) is 0 Å². The highest BCUT2D eigenvalue weighted by atomic mass is 32.1. The Morgan fingerprint density at radius 1 is 1.14 bits per heavy atom. The number of thiazole rings is 1. The van der Waals surface area contributed by atoms with E-state index >= 15 is 0 Å². The highest BCUT2D eigenvalue weighted by Gasteiger charge is 2.08. The van der Waals surface area contributed by atoms with E-state index in [1.807, 2.05) is 17.5 Å². The number of benzene rings is 2. The molecule has 144 valence electrons. The fourth-order valence-corrected chi connectivity index (χ4v) is 3.40. The van der Waals surface area contributed by atoms with Gasteiger partial charge in [0.25, 0.3) is 5.69 Å². The molecule has 1 N–H and O–H groups in total. The number of hydrogen-bond donors (Lipinski definition) is 1. The minimum atomic E-state index is -0.416. The van der Waals surface area contributed by atoms with E-state index < -0.39 is 4.92 Å². The number of nitro benzene ring substituents is 1. The molecule has 0 aliphatic rings. The lowest BCUT2D eigenvalue weighted by molar-refractivity contribution is -0.384. The summed E-state index contributed by atoms with van der Waals surface area (Å²) in [6.45, 7) is 6.24. The maximum atomic E-state index is 10.7. The summed E-state index contributed by atoms with van der Waals surface area (Å²) in [5.74, 6) is 0. The van der Waals surface area contributed by atoms with Gasteiger partial charge in [0.2, 0.25) is 5.13 Å². The van der Waals surface area contributed by atoms with Crippen molar-refractivity contribution in [1.29, 1.82) is 0 Å². The molecule has 0 unspecified atom stereocenters. The third kappa shape index (κ3) is 4.72. The third-order valence-electron chi connectivity index (χ3n) is 4.27. The first kappa shape index (κ1) is 19.5. The Morgan fingerprint density at radius 2 is 1.82 bits per heavy atom. The van der Waals surface area contributed by atoms with Crippen molar-refractivity contribution in [3.63, 3.8) is 0 Å². The predicted octanol–water partition coefficient (Wildman–Crippen LogP) is 5.01. The largest absolute Gasteiger partial charge is 0.372 e. The summed E-state index contributed by atoms with van der Waals surface area (Å²) in [6, 6.07) is 14.6. The Kier molecular flexibility index (Phi) is 6.33. The number of nitro groups is 1. The van der Waals surface area contributed by atoms with Crippen LogP contribution in [0.25, 0.3) is 11.3 Å². The average molecular weight is 395 g/mol. The molecular weight excluding hydrogens is 374 g/mol. The molecule has 0 fully saturated rings. The maximum Gasteiger partial charge on any atom is 0.269 e. The Labute approximate surface area is 167 Å². The molecule has 3 rings (SSSR count). The van der Waals surface area contributed by atoms with Crippen LogP contribution in [0.1, 0.15) is 19.4 Å². The number of aromatic nitrogens is 1. The van der Waals surface area contributed by atoms with Gasteiger partial charge in [-0.3, -0.25) is 15.5 Å². The van der Waals surface area contributed by atoms with E-state index in [4.69, 9.17) is 0 Å². The van der Waals surface area contributed by atoms with Crippen LogP contribution in [0.15, 0.2) is 59.0 Å². The summed E-state index contributed by atoms with van der Waals surface area (Å²) in [5, 5.41) is 17.5. The van der Waals surface area contributed by atoms with Gasteiger partial charge in [-0.2, -0.15) is 5.10 Å². The predicted molar refractivity (Wildman–Crippen MR) is 115 cm³/mol. The van der Waals surface area contributed by atoms with Crippen LogP contribution in [0.5, 0.6) is 0 Å². The average Bonchev–Trinajstić information content (AvgIpc) is 3.19. The van der Waals surface area contributed by atoms with Crippen LogP contribution in [0, 0.1) is 10.1 Å². The maximum absolute atomic E-state index is 10.7. The zero-order chi connectivity index (χ0) is 19.9. The smallest absolute Gasteiger partial charge is 0.269 e. The summed E-state index contributed by atoms with van der Waals surface area (Å²) >= 11 is 1.43. The fraction of sp³-hybridized carbons (Fsp3) is 0.200. The van der Waals surface area contributed by atoms with Crippen LogP contribution >= 0.6 is 11.3 Å². The molecular formula is C20H21N5O2S. The number of anilines is 2. The van der Waals surface area contributed by atoms with Crippen LogP contribution in [-0.2, 0) is 0 Å². The zero-order valence-corrected chi connectivity index (χ0v) is 16.5. The molecule has 0 saturated heterocycles. The van der Waals surface area contributed by atoms with Crippen LogP contribution in [0.3, 0.4) is 0 Å². The van der Waals surface area contributed by atoms with Crippen LogP contribution in [0.4, 0.5) is 16.5 Å². The minimum Gasteiger partial charge on any atom is -0.372 e. The molecule has 0 aliphatic carbocycles. The van der Waals surface area contributed by atoms with Gasteiger partial charge in [-0.15, -0.1) is 11.3 Å². The van der Waals surface area contributed by atoms with Crippen LogP contribution < -0.4 is 10.3 Å². The summed E-state index contributed by atoms with van der Waals surface area (Å²) < 4.78 is 0. The van der Waals surface area contributed by atoms with Crippen molar-refractivity contribution < 1.29 is 4.92 Å². The van der Waals surface area contributed by atoms with Crippen LogP contribution in [-0.4, -0.2) is 29.2 Å². The van der Waals surface area contributed by atoms with E-state index in [1.54, 1.807) is 18.3 Å². The quantitative estimate of drug-likeness (QED) is 0.329. The number of hydrazone groups is 1. The topological polar surface area (TPSA) is 83.7 Å². The first-order valence-electron chi connectivity index (χ1n) is 8.95. The Balaban J connectivity index is 1.61. The lowest BCUT2D eigenvalue weighted by Gasteiger charge is -2.20. The van der Waals surface area contributed by atoms with E-state index in [0.29, 0.717) is 5.13 Å².